The molecular formula is C5H6KNO2S. The molecule has 1 aliphatic heterocycles. The van der Waals surface area contributed by atoms with Crippen molar-refractivity contribution in [2.24, 2.45) is 4.99 Å². The summed E-state index contributed by atoms with van der Waals surface area (Å²) in [6.07, 6.45) is -0.00926. The second kappa shape index (κ2) is 5.74. The molecule has 3 nitrogen and oxygen atoms in total. The molecule has 1 heterocycles. The topological polar surface area (TPSA) is 52.5 Å². The van der Waals surface area contributed by atoms with E-state index in [-0.39, 0.29) is 57.8 Å². The van der Waals surface area contributed by atoms with Gasteiger partial charge in [-0.15, -0.1) is 11.8 Å². The Kier molecular flexibility index (Phi) is 6.38. The van der Waals surface area contributed by atoms with Gasteiger partial charge in [-0.05, 0) is 0 Å². The number of aliphatic imine (C=N–C) groups is 1. The fourth-order valence-corrected chi connectivity index (χ4v) is 1.43. The maximum Gasteiger partial charge on any atom is 1.00 e. The van der Waals surface area contributed by atoms with Crippen molar-refractivity contribution in [3.8, 4) is 0 Å². The first-order valence-corrected chi connectivity index (χ1v) is 3.63. The van der Waals surface area contributed by atoms with Crippen LogP contribution < -0.4 is 56.5 Å². The second-order valence-electron chi connectivity index (χ2n) is 1.67. The van der Waals surface area contributed by atoms with Crippen LogP contribution in [0.1, 0.15) is 6.42 Å². The molecule has 0 saturated heterocycles. The Morgan fingerprint density at radius 3 is 2.90 bits per heavy atom. The van der Waals surface area contributed by atoms with Gasteiger partial charge in [0.2, 0.25) is 0 Å². The van der Waals surface area contributed by atoms with Gasteiger partial charge in [0.25, 0.3) is 0 Å². The average molecular weight is 183 g/mol. The summed E-state index contributed by atoms with van der Waals surface area (Å²) in [4.78, 5) is 13.9. The van der Waals surface area contributed by atoms with Crippen LogP contribution in [0.2, 0.25) is 0 Å². The Bertz CT molecular complexity index is 160. The van der Waals surface area contributed by atoms with E-state index in [4.69, 9.17) is 0 Å². The summed E-state index contributed by atoms with van der Waals surface area (Å²) < 4.78 is 0. The summed E-state index contributed by atoms with van der Waals surface area (Å²) in [5.74, 6) is -0.119. The van der Waals surface area contributed by atoms with Crippen LogP contribution in [-0.4, -0.2) is 23.3 Å². The Morgan fingerprint density at radius 1 is 1.80 bits per heavy atom. The summed E-state index contributed by atoms with van der Waals surface area (Å²) in [5.41, 5.74) is 0. The van der Waals surface area contributed by atoms with Crippen LogP contribution in [0.4, 0.5) is 0 Å². The van der Waals surface area contributed by atoms with E-state index in [1.807, 2.05) is 0 Å². The Balaban J connectivity index is 0.000000810. The van der Waals surface area contributed by atoms with E-state index in [1.165, 1.54) is 11.8 Å². The monoisotopic (exact) mass is 183 g/mol. The van der Waals surface area contributed by atoms with Gasteiger partial charge >= 0.3 is 51.4 Å². The summed E-state index contributed by atoms with van der Waals surface area (Å²) in [6.45, 7) is 0.757. The predicted octanol–water partition coefficient (Wildman–Crippen LogP) is -3.72. The quantitative estimate of drug-likeness (QED) is 0.414. The fourth-order valence-electron chi connectivity index (χ4n) is 0.610. The first kappa shape index (κ1) is 11.1. The van der Waals surface area contributed by atoms with Crippen LogP contribution in [0.25, 0.3) is 0 Å². The molecule has 0 bridgehead atoms. The molecule has 0 aromatic carbocycles. The molecule has 0 aromatic rings. The molecule has 0 saturated carbocycles. The molecule has 10 heavy (non-hydrogen) atoms. The number of aliphatic carboxylic acids is 1. The van der Waals surface area contributed by atoms with Crippen molar-refractivity contribution >= 4 is 22.8 Å². The van der Waals surface area contributed by atoms with Crippen molar-refractivity contribution in [3.05, 3.63) is 0 Å². The molecular weight excluding hydrogens is 177 g/mol. The number of carboxylic acid groups (broad SMARTS) is 1. The first-order valence-electron chi connectivity index (χ1n) is 2.65. The van der Waals surface area contributed by atoms with Gasteiger partial charge < -0.3 is 9.90 Å². The Hall–Kier alpha value is 1.13. The SMILES string of the molecule is O=C([O-])CC1=NCCS1.[K+]. The number of carbonyl (C=O) groups excluding carboxylic acids is 1. The largest absolute Gasteiger partial charge is 1.00 e. The van der Waals surface area contributed by atoms with Crippen molar-refractivity contribution in [2.45, 2.75) is 6.42 Å². The minimum atomic E-state index is -1.04. The summed E-state index contributed by atoms with van der Waals surface area (Å²) >= 11 is 1.50. The van der Waals surface area contributed by atoms with Crippen molar-refractivity contribution < 1.29 is 61.3 Å². The normalized spacial score (nSPS) is 15.8. The predicted molar refractivity (Wildman–Crippen MR) is 34.4 cm³/mol. The molecule has 0 fully saturated rings. The average Bonchev–Trinajstić information content (AvgIpc) is 2.15. The van der Waals surface area contributed by atoms with Crippen LogP contribution >= 0.6 is 11.8 Å². The maximum absolute atomic E-state index is 9.95. The fraction of sp³-hybridized carbons (Fsp3) is 0.600. The smallest absolute Gasteiger partial charge is 0.550 e. The molecule has 0 unspecified atom stereocenters. The van der Waals surface area contributed by atoms with Gasteiger partial charge in [-0.3, -0.25) is 4.99 Å². The molecule has 0 atom stereocenters. The Morgan fingerprint density at radius 2 is 2.50 bits per heavy atom. The standard InChI is InChI=1S/C5H7NO2S.K/c7-5(8)3-4-6-1-2-9-4;/h1-3H2,(H,7,8);/q;+1/p-1. The van der Waals surface area contributed by atoms with Gasteiger partial charge in [-0.25, -0.2) is 0 Å². The number of nitrogens with zero attached hydrogens (tertiary/aromatic N) is 1. The maximum atomic E-state index is 9.95. The van der Waals surface area contributed by atoms with E-state index in [1.54, 1.807) is 0 Å². The number of carbonyl (C=O) groups is 1. The van der Waals surface area contributed by atoms with Gasteiger partial charge in [-0.1, -0.05) is 0 Å². The molecule has 1 aliphatic rings. The van der Waals surface area contributed by atoms with Gasteiger partial charge in [-0.2, -0.15) is 0 Å². The van der Waals surface area contributed by atoms with E-state index in [0.717, 1.165) is 12.3 Å². The van der Waals surface area contributed by atoms with Crippen molar-refractivity contribution in [3.63, 3.8) is 0 Å². The molecule has 0 aromatic heterocycles. The van der Waals surface area contributed by atoms with Crippen LogP contribution in [0.5, 0.6) is 0 Å². The van der Waals surface area contributed by atoms with E-state index < -0.39 is 5.97 Å². The van der Waals surface area contributed by atoms with Crippen LogP contribution in [0.15, 0.2) is 4.99 Å². The number of thioether (sulfide) groups is 1. The minimum absolute atomic E-state index is 0. The first-order chi connectivity index (χ1) is 4.29. The van der Waals surface area contributed by atoms with E-state index in [2.05, 4.69) is 4.99 Å². The molecule has 0 aliphatic carbocycles. The van der Waals surface area contributed by atoms with E-state index in [0.29, 0.717) is 5.04 Å². The molecule has 0 amide bonds. The number of carboxylic acids is 1. The molecule has 0 spiro atoms. The number of rotatable bonds is 2. The second-order valence-corrected chi connectivity index (χ2v) is 2.84. The van der Waals surface area contributed by atoms with Crippen LogP contribution in [0, 0.1) is 0 Å². The molecule has 0 N–H and O–H groups in total. The molecule has 1 rings (SSSR count). The van der Waals surface area contributed by atoms with Crippen LogP contribution in [-0.2, 0) is 4.79 Å². The zero-order chi connectivity index (χ0) is 6.69. The number of hydrogen-bond donors (Lipinski definition) is 0. The van der Waals surface area contributed by atoms with E-state index >= 15 is 0 Å². The third-order valence-corrected chi connectivity index (χ3v) is 1.94. The molecule has 0 radical (unpaired) electrons. The zero-order valence-corrected chi connectivity index (χ0v) is 9.73. The van der Waals surface area contributed by atoms with Crippen molar-refractivity contribution in [2.75, 3.05) is 12.3 Å². The zero-order valence-electron chi connectivity index (χ0n) is 5.79. The van der Waals surface area contributed by atoms with Gasteiger partial charge in [0.15, 0.2) is 0 Å². The van der Waals surface area contributed by atoms with Crippen molar-refractivity contribution in [1.29, 1.82) is 0 Å². The third kappa shape index (κ3) is 4.10. The molecule has 50 valence electrons. The third-order valence-electron chi connectivity index (χ3n) is 0.944. The van der Waals surface area contributed by atoms with Gasteiger partial charge in [0.1, 0.15) is 0 Å². The van der Waals surface area contributed by atoms with Crippen LogP contribution in [0.3, 0.4) is 0 Å². The summed E-state index contributed by atoms with van der Waals surface area (Å²) in [7, 11) is 0. The molecule has 5 heteroatoms. The van der Waals surface area contributed by atoms with Gasteiger partial charge in [0.05, 0.1) is 5.04 Å². The van der Waals surface area contributed by atoms with Crippen molar-refractivity contribution in [1.82, 2.24) is 0 Å². The van der Waals surface area contributed by atoms with Gasteiger partial charge in [0, 0.05) is 24.7 Å². The Labute approximate surface area is 106 Å². The number of hydrogen-bond acceptors (Lipinski definition) is 4. The van der Waals surface area contributed by atoms with E-state index in [9.17, 15) is 9.90 Å². The minimum Gasteiger partial charge on any atom is -0.550 e. The summed E-state index contributed by atoms with van der Waals surface area (Å²) in [5, 5.41) is 10.7. The summed E-state index contributed by atoms with van der Waals surface area (Å²) in [6, 6.07) is 0.